The van der Waals surface area contributed by atoms with Crippen LogP contribution in [-0.4, -0.2) is 47.5 Å². The van der Waals surface area contributed by atoms with E-state index in [-0.39, 0.29) is 18.3 Å². The molecule has 1 aromatic heterocycles. The number of benzene rings is 1. The first-order chi connectivity index (χ1) is 11.6. The van der Waals surface area contributed by atoms with Gasteiger partial charge in [-0.15, -0.1) is 0 Å². The fourth-order valence-corrected chi connectivity index (χ4v) is 2.85. The highest BCUT2D eigenvalue weighted by atomic mass is 79.9. The summed E-state index contributed by atoms with van der Waals surface area (Å²) in [6.45, 7) is 1.85. The Morgan fingerprint density at radius 3 is 2.71 bits per heavy atom. The largest absolute Gasteiger partial charge is 0.480 e. The Balaban J connectivity index is 1.66. The Morgan fingerprint density at radius 2 is 2.04 bits per heavy atom. The molecule has 1 fully saturated rings. The Morgan fingerprint density at radius 1 is 1.29 bits per heavy atom. The van der Waals surface area contributed by atoms with Gasteiger partial charge in [-0.05, 0) is 33.6 Å². The first-order valence-corrected chi connectivity index (χ1v) is 8.20. The van der Waals surface area contributed by atoms with Gasteiger partial charge in [0.2, 0.25) is 17.7 Å². The van der Waals surface area contributed by atoms with E-state index in [4.69, 9.17) is 4.74 Å². The molecule has 0 radical (unpaired) electrons. The molecule has 0 bridgehead atoms. The number of rotatable bonds is 4. The molecule has 1 aliphatic heterocycles. The summed E-state index contributed by atoms with van der Waals surface area (Å²) >= 11 is 3.31. The first-order valence-electron chi connectivity index (χ1n) is 7.40. The van der Waals surface area contributed by atoms with E-state index in [1.54, 1.807) is 23.2 Å². The molecule has 8 heteroatoms. The summed E-state index contributed by atoms with van der Waals surface area (Å²) in [7, 11) is 1.53. The molecule has 1 aliphatic rings. The van der Waals surface area contributed by atoms with Crippen LogP contribution in [0.5, 0.6) is 5.88 Å². The predicted octanol–water partition coefficient (Wildman–Crippen LogP) is 2.24. The fourth-order valence-electron chi connectivity index (χ4n) is 2.49. The minimum Gasteiger partial charge on any atom is -0.480 e. The first kappa shape index (κ1) is 16.6. The number of hydrogen-bond donors (Lipinski definition) is 0. The Hall–Kier alpha value is -2.22. The normalized spacial score (nSPS) is 14.9. The van der Waals surface area contributed by atoms with Gasteiger partial charge in [-0.1, -0.05) is 12.1 Å². The van der Waals surface area contributed by atoms with Crippen LogP contribution in [0.2, 0.25) is 0 Å². The van der Waals surface area contributed by atoms with Crippen LogP contribution in [0.15, 0.2) is 34.9 Å². The van der Waals surface area contributed by atoms with E-state index in [1.807, 2.05) is 4.90 Å². The lowest BCUT2D eigenvalue weighted by Crippen LogP contribution is -2.50. The van der Waals surface area contributed by atoms with Gasteiger partial charge in [-0.25, -0.2) is 9.37 Å². The van der Waals surface area contributed by atoms with Crippen molar-refractivity contribution in [3.63, 3.8) is 0 Å². The summed E-state index contributed by atoms with van der Waals surface area (Å²) in [5.41, 5.74) is 0.903. The van der Waals surface area contributed by atoms with Crippen molar-refractivity contribution in [2.24, 2.45) is 0 Å². The molecule has 2 aromatic rings. The predicted molar refractivity (Wildman–Crippen MR) is 90.3 cm³/mol. The molecule has 0 atom stereocenters. The van der Waals surface area contributed by atoms with Gasteiger partial charge >= 0.3 is 0 Å². The van der Waals surface area contributed by atoms with Crippen LogP contribution in [0.1, 0.15) is 5.56 Å². The molecule has 0 spiro atoms. The van der Waals surface area contributed by atoms with Crippen molar-refractivity contribution >= 4 is 27.8 Å². The average molecular weight is 395 g/mol. The molecule has 3 rings (SSSR count). The maximum atomic E-state index is 13.0. The van der Waals surface area contributed by atoms with Gasteiger partial charge in [-0.2, -0.15) is 4.98 Å². The highest BCUT2D eigenvalue weighted by Gasteiger charge is 2.26. The highest BCUT2D eigenvalue weighted by molar-refractivity contribution is 9.10. The van der Waals surface area contributed by atoms with Crippen molar-refractivity contribution in [1.29, 1.82) is 0 Å². The van der Waals surface area contributed by atoms with Crippen LogP contribution in [-0.2, 0) is 11.3 Å². The number of methoxy groups -OCH3 is 1. The zero-order valence-corrected chi connectivity index (χ0v) is 14.7. The molecular weight excluding hydrogens is 379 g/mol. The molecule has 1 amide bonds. The number of nitrogens with zero attached hydrogens (tertiary/aromatic N) is 4. The van der Waals surface area contributed by atoms with Crippen LogP contribution in [0.3, 0.4) is 0 Å². The van der Waals surface area contributed by atoms with E-state index in [9.17, 15) is 9.18 Å². The van der Waals surface area contributed by atoms with Gasteiger partial charge in [-0.3, -0.25) is 4.79 Å². The van der Waals surface area contributed by atoms with Gasteiger partial charge in [0.25, 0.3) is 0 Å². The number of halogens is 2. The van der Waals surface area contributed by atoms with Crippen LogP contribution in [0.25, 0.3) is 0 Å². The highest BCUT2D eigenvalue weighted by Crippen LogP contribution is 2.24. The summed E-state index contributed by atoms with van der Waals surface area (Å²) < 4.78 is 18.8. The van der Waals surface area contributed by atoms with E-state index in [2.05, 4.69) is 25.9 Å². The molecular formula is C16H16BrFN4O2. The topological polar surface area (TPSA) is 58.6 Å². The fraction of sp³-hybridized carbons (Fsp3) is 0.312. The van der Waals surface area contributed by atoms with E-state index in [0.717, 1.165) is 5.56 Å². The van der Waals surface area contributed by atoms with Crippen molar-refractivity contribution in [2.75, 3.05) is 31.6 Å². The van der Waals surface area contributed by atoms with E-state index in [1.165, 1.54) is 19.2 Å². The van der Waals surface area contributed by atoms with Gasteiger partial charge in [0.15, 0.2) is 0 Å². The number of anilines is 1. The maximum absolute atomic E-state index is 13.0. The molecule has 6 nitrogen and oxygen atoms in total. The zero-order valence-electron chi connectivity index (χ0n) is 13.1. The Kier molecular flexibility index (Phi) is 4.94. The summed E-state index contributed by atoms with van der Waals surface area (Å²) in [5.74, 6) is 0.596. The second kappa shape index (κ2) is 7.12. The molecule has 1 saturated heterocycles. The van der Waals surface area contributed by atoms with E-state index < -0.39 is 0 Å². The minimum atomic E-state index is -0.281. The van der Waals surface area contributed by atoms with Gasteiger partial charge < -0.3 is 14.5 Å². The van der Waals surface area contributed by atoms with E-state index >= 15 is 0 Å². The molecule has 0 aliphatic carbocycles. The Labute approximate surface area is 147 Å². The number of amides is 1. The second-order valence-electron chi connectivity index (χ2n) is 5.39. The zero-order chi connectivity index (χ0) is 17.1. The van der Waals surface area contributed by atoms with Crippen LogP contribution in [0.4, 0.5) is 10.3 Å². The van der Waals surface area contributed by atoms with Crippen molar-refractivity contribution in [1.82, 2.24) is 14.9 Å². The average Bonchev–Trinajstić information content (AvgIpc) is 2.59. The molecule has 2 heterocycles. The van der Waals surface area contributed by atoms with Crippen molar-refractivity contribution in [3.05, 3.63) is 46.3 Å². The third-order valence-corrected chi connectivity index (χ3v) is 4.32. The van der Waals surface area contributed by atoms with Crippen molar-refractivity contribution < 1.29 is 13.9 Å². The molecule has 24 heavy (non-hydrogen) atoms. The third kappa shape index (κ3) is 3.64. The number of ether oxygens (including phenoxy) is 1. The van der Waals surface area contributed by atoms with Gasteiger partial charge in [0.05, 0.1) is 17.8 Å². The van der Waals surface area contributed by atoms with Gasteiger partial charge in [0, 0.05) is 19.6 Å². The van der Waals surface area contributed by atoms with Gasteiger partial charge in [0.1, 0.15) is 12.4 Å². The summed E-state index contributed by atoms with van der Waals surface area (Å²) in [6.07, 6.45) is 1.61. The molecule has 0 N–H and O–H groups in total. The standard InChI is InChI=1S/C16H16BrFN4O2/c1-24-15-13(17)8-19-16(20-15)22-7-6-21(14(23)10-22)9-11-2-4-12(18)5-3-11/h2-5,8H,6-7,9-10H2,1H3. The number of hydrogen-bond acceptors (Lipinski definition) is 5. The third-order valence-electron chi connectivity index (χ3n) is 3.78. The Bertz CT molecular complexity index is 741. The molecule has 0 unspecified atom stereocenters. The van der Waals surface area contributed by atoms with Crippen LogP contribution < -0.4 is 9.64 Å². The van der Waals surface area contributed by atoms with E-state index in [0.29, 0.717) is 35.9 Å². The SMILES string of the molecule is COc1nc(N2CCN(Cc3ccc(F)cc3)C(=O)C2)ncc1Br. The monoisotopic (exact) mass is 394 g/mol. The lowest BCUT2D eigenvalue weighted by atomic mass is 10.2. The quantitative estimate of drug-likeness (QED) is 0.795. The summed E-state index contributed by atoms with van der Waals surface area (Å²) in [6, 6.07) is 6.19. The summed E-state index contributed by atoms with van der Waals surface area (Å²) in [4.78, 5) is 24.5. The minimum absolute atomic E-state index is 0.0175. The van der Waals surface area contributed by atoms with Crippen molar-refractivity contribution in [3.8, 4) is 5.88 Å². The lowest BCUT2D eigenvalue weighted by molar-refractivity contribution is -0.131. The number of carbonyl (C=O) groups excluding carboxylic acids is 1. The second-order valence-corrected chi connectivity index (χ2v) is 6.24. The van der Waals surface area contributed by atoms with Crippen LogP contribution >= 0.6 is 15.9 Å². The van der Waals surface area contributed by atoms with Crippen molar-refractivity contribution in [2.45, 2.75) is 6.54 Å². The summed E-state index contributed by atoms with van der Waals surface area (Å²) in [5, 5.41) is 0. The number of piperazine rings is 1. The lowest BCUT2D eigenvalue weighted by Gasteiger charge is -2.34. The number of carbonyl (C=O) groups is 1. The van der Waals surface area contributed by atoms with Crippen LogP contribution in [0, 0.1) is 5.82 Å². The molecule has 0 saturated carbocycles. The molecule has 1 aromatic carbocycles. The number of aromatic nitrogens is 2. The smallest absolute Gasteiger partial charge is 0.242 e. The maximum Gasteiger partial charge on any atom is 0.242 e. The molecule has 126 valence electrons.